The molecule has 2 N–H and O–H groups in total. The second-order valence-electron chi connectivity index (χ2n) is 6.18. The summed E-state index contributed by atoms with van der Waals surface area (Å²) in [5.41, 5.74) is 1.06. The zero-order valence-corrected chi connectivity index (χ0v) is 14.2. The molecule has 2 rings (SSSR count). The number of hydrogen-bond acceptors (Lipinski definition) is 4. The Morgan fingerprint density at radius 1 is 1.26 bits per heavy atom. The Morgan fingerprint density at radius 2 is 2.00 bits per heavy atom. The first-order valence-corrected chi connectivity index (χ1v) is 8.17. The van der Waals surface area contributed by atoms with Crippen molar-refractivity contribution >= 4 is 11.8 Å². The largest absolute Gasteiger partial charge is 0.359 e. The fraction of sp³-hybridized carbons (Fsp3) is 0.688. The van der Waals surface area contributed by atoms with Crippen molar-refractivity contribution in [1.29, 1.82) is 0 Å². The minimum atomic E-state index is 0.0642. The van der Waals surface area contributed by atoms with Crippen molar-refractivity contribution < 1.29 is 9.59 Å². The number of hydrogen-bond donors (Lipinski definition) is 2. The van der Waals surface area contributed by atoms with E-state index in [1.807, 2.05) is 20.2 Å². The molecule has 128 valence electrons. The lowest BCUT2D eigenvalue weighted by Crippen LogP contribution is -2.42. The molecular weight excluding hydrogens is 294 g/mol. The fourth-order valence-electron chi connectivity index (χ4n) is 3.11. The molecule has 1 aliphatic rings. The predicted molar refractivity (Wildman–Crippen MR) is 87.8 cm³/mol. The molecule has 0 saturated carbocycles. The van der Waals surface area contributed by atoms with Crippen LogP contribution in [0.1, 0.15) is 31.4 Å². The van der Waals surface area contributed by atoms with Crippen LogP contribution >= 0.6 is 0 Å². The number of nitrogens with one attached hydrogen (secondary N) is 2. The van der Waals surface area contributed by atoms with Crippen molar-refractivity contribution in [2.45, 2.75) is 44.2 Å². The lowest BCUT2D eigenvalue weighted by Gasteiger charge is -2.25. The molecule has 1 aromatic rings. The monoisotopic (exact) mass is 321 g/mol. The third kappa shape index (κ3) is 4.79. The number of aryl methyl sites for hydroxylation is 2. The molecule has 2 amide bonds. The Hall–Kier alpha value is -1.89. The van der Waals surface area contributed by atoms with Crippen LogP contribution in [0.5, 0.6) is 0 Å². The van der Waals surface area contributed by atoms with Gasteiger partial charge in [0.2, 0.25) is 11.8 Å². The maximum atomic E-state index is 12.0. The molecule has 1 fully saturated rings. The van der Waals surface area contributed by atoms with Crippen LogP contribution in [-0.4, -0.2) is 59.2 Å². The van der Waals surface area contributed by atoms with Crippen LogP contribution in [0, 0.1) is 0 Å². The highest BCUT2D eigenvalue weighted by molar-refractivity contribution is 5.76. The summed E-state index contributed by atoms with van der Waals surface area (Å²) in [7, 11) is 5.58. The van der Waals surface area contributed by atoms with E-state index in [0.29, 0.717) is 31.8 Å². The van der Waals surface area contributed by atoms with Gasteiger partial charge in [-0.05, 0) is 32.4 Å². The summed E-state index contributed by atoms with van der Waals surface area (Å²) in [5.74, 6) is 0.136. The van der Waals surface area contributed by atoms with E-state index in [1.54, 1.807) is 17.9 Å². The standard InChI is InChI=1S/C16H27N5O2/c1-17-16(23)10-13-4-5-14(20(13)2)11-18-15(22)7-6-12-8-9-19-21(12)3/h8-9,13-14H,4-7,10-11H2,1-3H3,(H,17,23)(H,18,22)/t13-,14+/m1/s1. The Morgan fingerprint density at radius 3 is 2.65 bits per heavy atom. The fourth-order valence-corrected chi connectivity index (χ4v) is 3.11. The van der Waals surface area contributed by atoms with Gasteiger partial charge >= 0.3 is 0 Å². The van der Waals surface area contributed by atoms with Crippen molar-refractivity contribution in [2.75, 3.05) is 20.6 Å². The summed E-state index contributed by atoms with van der Waals surface area (Å²) in [6, 6.07) is 2.51. The van der Waals surface area contributed by atoms with Crippen LogP contribution in [0.25, 0.3) is 0 Å². The Kier molecular flexibility index (Phi) is 6.15. The maximum Gasteiger partial charge on any atom is 0.221 e. The van der Waals surface area contributed by atoms with Crippen molar-refractivity contribution in [3.63, 3.8) is 0 Å². The maximum absolute atomic E-state index is 12.0. The molecule has 1 saturated heterocycles. The van der Waals surface area contributed by atoms with E-state index < -0.39 is 0 Å². The molecule has 1 aliphatic heterocycles. The van der Waals surface area contributed by atoms with Crippen molar-refractivity contribution in [2.24, 2.45) is 7.05 Å². The Balaban J connectivity index is 1.70. The molecular formula is C16H27N5O2. The molecule has 1 aromatic heterocycles. The first-order chi connectivity index (χ1) is 11.0. The Labute approximate surface area is 137 Å². The van der Waals surface area contributed by atoms with E-state index in [0.717, 1.165) is 18.5 Å². The molecule has 2 atom stereocenters. The summed E-state index contributed by atoms with van der Waals surface area (Å²) in [6.07, 6.45) is 5.45. The van der Waals surface area contributed by atoms with Gasteiger partial charge in [-0.25, -0.2) is 0 Å². The highest BCUT2D eigenvalue weighted by Gasteiger charge is 2.31. The van der Waals surface area contributed by atoms with Gasteiger partial charge in [0, 0.05) is 57.5 Å². The minimum absolute atomic E-state index is 0.0642. The molecule has 0 aliphatic carbocycles. The summed E-state index contributed by atoms with van der Waals surface area (Å²) in [5, 5.41) is 9.78. The van der Waals surface area contributed by atoms with Gasteiger partial charge in [-0.1, -0.05) is 0 Å². The van der Waals surface area contributed by atoms with E-state index >= 15 is 0 Å². The summed E-state index contributed by atoms with van der Waals surface area (Å²) in [6.45, 7) is 0.644. The summed E-state index contributed by atoms with van der Waals surface area (Å²) in [4.78, 5) is 25.7. The second-order valence-corrected chi connectivity index (χ2v) is 6.18. The zero-order chi connectivity index (χ0) is 16.8. The van der Waals surface area contributed by atoms with Crippen LogP contribution in [0.3, 0.4) is 0 Å². The SMILES string of the molecule is CNC(=O)C[C@H]1CC[C@@H](CNC(=O)CCc2ccnn2C)N1C. The molecule has 23 heavy (non-hydrogen) atoms. The van der Waals surface area contributed by atoms with Crippen molar-refractivity contribution in [3.8, 4) is 0 Å². The van der Waals surface area contributed by atoms with E-state index in [2.05, 4.69) is 20.6 Å². The second kappa shape index (κ2) is 8.10. The lowest BCUT2D eigenvalue weighted by atomic mass is 10.1. The van der Waals surface area contributed by atoms with Crippen LogP contribution in [-0.2, 0) is 23.1 Å². The number of aromatic nitrogens is 2. The van der Waals surface area contributed by atoms with Gasteiger partial charge in [0.15, 0.2) is 0 Å². The van der Waals surface area contributed by atoms with Crippen molar-refractivity contribution in [1.82, 2.24) is 25.3 Å². The predicted octanol–water partition coefficient (Wildman–Crippen LogP) is 0.0678. The van der Waals surface area contributed by atoms with Crippen LogP contribution in [0.2, 0.25) is 0 Å². The van der Waals surface area contributed by atoms with Gasteiger partial charge in [0.05, 0.1) is 0 Å². The number of nitrogens with zero attached hydrogens (tertiary/aromatic N) is 3. The van der Waals surface area contributed by atoms with Gasteiger partial charge in [-0.15, -0.1) is 0 Å². The lowest BCUT2D eigenvalue weighted by molar-refractivity contribution is -0.122. The number of amides is 2. The number of likely N-dealkylation sites (N-methyl/N-ethyl adjacent to an activating group) is 1. The average molecular weight is 321 g/mol. The first kappa shape index (κ1) is 17.5. The topological polar surface area (TPSA) is 79.3 Å². The van der Waals surface area contributed by atoms with E-state index in [-0.39, 0.29) is 17.9 Å². The average Bonchev–Trinajstić information content (AvgIpc) is 3.10. The molecule has 7 heteroatoms. The molecule has 0 bridgehead atoms. The highest BCUT2D eigenvalue weighted by Crippen LogP contribution is 2.24. The smallest absolute Gasteiger partial charge is 0.221 e. The minimum Gasteiger partial charge on any atom is -0.359 e. The number of carbonyl (C=O) groups is 2. The third-order valence-corrected chi connectivity index (χ3v) is 4.75. The van der Waals surface area contributed by atoms with Crippen LogP contribution < -0.4 is 10.6 Å². The van der Waals surface area contributed by atoms with Crippen LogP contribution in [0.4, 0.5) is 0 Å². The third-order valence-electron chi connectivity index (χ3n) is 4.75. The van der Waals surface area contributed by atoms with Gasteiger partial charge in [0.1, 0.15) is 0 Å². The van der Waals surface area contributed by atoms with Gasteiger partial charge < -0.3 is 10.6 Å². The van der Waals surface area contributed by atoms with Gasteiger partial charge in [-0.2, -0.15) is 5.10 Å². The highest BCUT2D eigenvalue weighted by atomic mass is 16.2. The van der Waals surface area contributed by atoms with Gasteiger partial charge in [0.25, 0.3) is 0 Å². The van der Waals surface area contributed by atoms with E-state index in [4.69, 9.17) is 0 Å². The molecule has 7 nitrogen and oxygen atoms in total. The molecule has 0 unspecified atom stereocenters. The molecule has 0 spiro atoms. The zero-order valence-electron chi connectivity index (χ0n) is 14.2. The van der Waals surface area contributed by atoms with Gasteiger partial charge in [-0.3, -0.25) is 19.2 Å². The Bertz CT molecular complexity index is 542. The van der Waals surface area contributed by atoms with E-state index in [9.17, 15) is 9.59 Å². The number of rotatable bonds is 7. The molecule has 0 radical (unpaired) electrons. The molecule has 0 aromatic carbocycles. The quantitative estimate of drug-likeness (QED) is 0.745. The van der Waals surface area contributed by atoms with E-state index in [1.165, 1.54) is 0 Å². The number of likely N-dealkylation sites (tertiary alicyclic amines) is 1. The van der Waals surface area contributed by atoms with Crippen molar-refractivity contribution in [3.05, 3.63) is 18.0 Å². The summed E-state index contributed by atoms with van der Waals surface area (Å²) >= 11 is 0. The van der Waals surface area contributed by atoms with Crippen LogP contribution in [0.15, 0.2) is 12.3 Å². The molecule has 2 heterocycles. The first-order valence-electron chi connectivity index (χ1n) is 8.17. The number of carbonyl (C=O) groups excluding carboxylic acids is 2. The summed E-state index contributed by atoms with van der Waals surface area (Å²) < 4.78 is 1.79. The normalized spacial score (nSPS) is 21.3.